The van der Waals surface area contributed by atoms with Crippen molar-refractivity contribution in [3.63, 3.8) is 0 Å². The molecule has 0 aliphatic heterocycles. The Bertz CT molecular complexity index is 592. The van der Waals surface area contributed by atoms with Gasteiger partial charge in [-0.1, -0.05) is 18.2 Å². The fourth-order valence-electron chi connectivity index (χ4n) is 1.87. The molecule has 0 unspecified atom stereocenters. The number of para-hydroxylation sites is 1. The van der Waals surface area contributed by atoms with Crippen molar-refractivity contribution < 1.29 is 9.90 Å². The lowest BCUT2D eigenvalue weighted by Crippen LogP contribution is -2.08. The number of aromatic nitrogens is 1. The molecule has 0 saturated heterocycles. The Morgan fingerprint density at radius 2 is 2.05 bits per heavy atom. The van der Waals surface area contributed by atoms with E-state index in [1.54, 1.807) is 18.3 Å². The molecule has 19 heavy (non-hydrogen) atoms. The van der Waals surface area contributed by atoms with Crippen LogP contribution in [0.3, 0.4) is 0 Å². The summed E-state index contributed by atoms with van der Waals surface area (Å²) in [5.41, 5.74) is 3.85. The van der Waals surface area contributed by atoms with Crippen LogP contribution < -0.4 is 5.32 Å². The molecule has 0 atom stereocenters. The second-order valence-electron chi connectivity index (χ2n) is 4.46. The fraction of sp³-hybridized carbons (Fsp3) is 0.200. The van der Waals surface area contributed by atoms with E-state index in [1.807, 2.05) is 32.0 Å². The number of hydrogen-bond acceptors (Lipinski definition) is 3. The van der Waals surface area contributed by atoms with E-state index in [-0.39, 0.29) is 0 Å². The van der Waals surface area contributed by atoms with Crippen LogP contribution in [0.5, 0.6) is 0 Å². The number of anilines is 1. The zero-order valence-electron chi connectivity index (χ0n) is 11.0. The summed E-state index contributed by atoms with van der Waals surface area (Å²) in [7, 11) is 0. The van der Waals surface area contributed by atoms with Crippen LogP contribution in [-0.4, -0.2) is 16.1 Å². The van der Waals surface area contributed by atoms with E-state index in [4.69, 9.17) is 0 Å². The van der Waals surface area contributed by atoms with Gasteiger partial charge in [0.1, 0.15) is 0 Å². The van der Waals surface area contributed by atoms with Gasteiger partial charge in [0.05, 0.1) is 11.3 Å². The normalized spacial score (nSPS) is 10.2. The molecule has 1 aromatic heterocycles. The summed E-state index contributed by atoms with van der Waals surface area (Å²) in [6.45, 7) is 4.38. The number of carboxylic acids is 1. The Balaban J connectivity index is 2.19. The molecule has 0 saturated carbocycles. The van der Waals surface area contributed by atoms with E-state index >= 15 is 0 Å². The minimum atomic E-state index is -0.923. The highest BCUT2D eigenvalue weighted by molar-refractivity contribution is 5.95. The minimum Gasteiger partial charge on any atom is -0.478 e. The highest BCUT2D eigenvalue weighted by atomic mass is 16.4. The van der Waals surface area contributed by atoms with Crippen molar-refractivity contribution in [3.05, 3.63) is 58.9 Å². The van der Waals surface area contributed by atoms with E-state index in [0.717, 1.165) is 16.8 Å². The van der Waals surface area contributed by atoms with Crippen LogP contribution in [0.2, 0.25) is 0 Å². The highest BCUT2D eigenvalue weighted by Crippen LogP contribution is 2.21. The van der Waals surface area contributed by atoms with Crippen LogP contribution in [0.15, 0.2) is 36.5 Å². The van der Waals surface area contributed by atoms with Gasteiger partial charge in [0.2, 0.25) is 0 Å². The molecule has 0 spiro atoms. The minimum absolute atomic E-state index is 0.292. The first kappa shape index (κ1) is 13.1. The van der Waals surface area contributed by atoms with Crippen molar-refractivity contribution >= 4 is 11.7 Å². The zero-order valence-corrected chi connectivity index (χ0v) is 11.0. The van der Waals surface area contributed by atoms with Crippen molar-refractivity contribution in [2.45, 2.75) is 20.4 Å². The summed E-state index contributed by atoms with van der Waals surface area (Å²) in [5, 5.41) is 12.3. The molecule has 1 heterocycles. The van der Waals surface area contributed by atoms with Crippen LogP contribution in [0.4, 0.5) is 5.69 Å². The third-order valence-electron chi connectivity index (χ3n) is 2.95. The summed E-state index contributed by atoms with van der Waals surface area (Å²) < 4.78 is 0. The number of nitrogens with zero attached hydrogens (tertiary/aromatic N) is 1. The maximum absolute atomic E-state index is 11.2. The molecule has 98 valence electrons. The Morgan fingerprint density at radius 3 is 2.68 bits per heavy atom. The molecule has 0 aliphatic carbocycles. The van der Waals surface area contributed by atoms with E-state index in [1.165, 1.54) is 0 Å². The van der Waals surface area contributed by atoms with Gasteiger partial charge in [-0.05, 0) is 37.1 Å². The summed E-state index contributed by atoms with van der Waals surface area (Å²) in [6.07, 6.45) is 1.79. The number of nitrogens with one attached hydrogen (secondary N) is 1. The molecule has 0 radical (unpaired) electrons. The first-order valence-electron chi connectivity index (χ1n) is 6.06. The molecule has 2 rings (SSSR count). The van der Waals surface area contributed by atoms with Gasteiger partial charge < -0.3 is 10.4 Å². The second-order valence-corrected chi connectivity index (χ2v) is 4.46. The Morgan fingerprint density at radius 1 is 1.26 bits per heavy atom. The van der Waals surface area contributed by atoms with Crippen LogP contribution in [0.1, 0.15) is 27.2 Å². The lowest BCUT2D eigenvalue weighted by Gasteiger charge is -2.12. The lowest BCUT2D eigenvalue weighted by atomic mass is 10.1. The van der Waals surface area contributed by atoms with E-state index < -0.39 is 5.97 Å². The molecule has 0 bridgehead atoms. The predicted molar refractivity (Wildman–Crippen MR) is 74.4 cm³/mol. The first-order chi connectivity index (χ1) is 9.08. The van der Waals surface area contributed by atoms with E-state index in [9.17, 15) is 9.90 Å². The van der Waals surface area contributed by atoms with Gasteiger partial charge in [0.15, 0.2) is 0 Å². The van der Waals surface area contributed by atoms with Crippen molar-refractivity contribution in [1.82, 2.24) is 4.98 Å². The molecular weight excluding hydrogens is 240 g/mol. The van der Waals surface area contributed by atoms with Crippen molar-refractivity contribution in [1.29, 1.82) is 0 Å². The second kappa shape index (κ2) is 5.52. The largest absolute Gasteiger partial charge is 0.478 e. The fourth-order valence-corrected chi connectivity index (χ4v) is 1.87. The van der Waals surface area contributed by atoms with Gasteiger partial charge in [-0.25, -0.2) is 4.79 Å². The lowest BCUT2D eigenvalue weighted by molar-refractivity contribution is 0.0698. The van der Waals surface area contributed by atoms with Gasteiger partial charge >= 0.3 is 5.97 Å². The number of rotatable bonds is 4. The molecular formula is C15H16N2O2. The van der Waals surface area contributed by atoms with Gasteiger partial charge in [0.25, 0.3) is 0 Å². The number of carbonyl (C=O) groups is 1. The molecule has 1 aromatic carbocycles. The number of aryl methyl sites for hydroxylation is 2. The van der Waals surface area contributed by atoms with Gasteiger partial charge in [0, 0.05) is 18.4 Å². The SMILES string of the molecule is Cc1ccc(CNc2c(C)cccc2C(=O)O)cn1. The maximum atomic E-state index is 11.2. The summed E-state index contributed by atoms with van der Waals surface area (Å²) in [5.74, 6) is -0.923. The maximum Gasteiger partial charge on any atom is 0.337 e. The summed E-state index contributed by atoms with van der Waals surface area (Å²) >= 11 is 0. The topological polar surface area (TPSA) is 62.2 Å². The Hall–Kier alpha value is -2.36. The molecule has 2 N–H and O–H groups in total. The number of pyridine rings is 1. The summed E-state index contributed by atoms with van der Waals surface area (Å²) in [6, 6.07) is 9.16. The van der Waals surface area contributed by atoms with Crippen molar-refractivity contribution in [3.8, 4) is 0 Å². The van der Waals surface area contributed by atoms with Crippen LogP contribution in [-0.2, 0) is 6.54 Å². The van der Waals surface area contributed by atoms with Crippen molar-refractivity contribution in [2.75, 3.05) is 5.32 Å². The number of carboxylic acid groups (broad SMARTS) is 1. The van der Waals surface area contributed by atoms with Crippen LogP contribution in [0, 0.1) is 13.8 Å². The smallest absolute Gasteiger partial charge is 0.337 e. The highest BCUT2D eigenvalue weighted by Gasteiger charge is 2.11. The van der Waals surface area contributed by atoms with Gasteiger partial charge in [-0.3, -0.25) is 4.98 Å². The zero-order chi connectivity index (χ0) is 13.8. The molecule has 0 aliphatic rings. The summed E-state index contributed by atoms with van der Waals surface area (Å²) in [4.78, 5) is 15.4. The van der Waals surface area contributed by atoms with Crippen LogP contribution in [0.25, 0.3) is 0 Å². The quantitative estimate of drug-likeness (QED) is 0.882. The number of benzene rings is 1. The Kier molecular flexibility index (Phi) is 3.80. The molecule has 4 nitrogen and oxygen atoms in total. The third-order valence-corrected chi connectivity index (χ3v) is 2.95. The average molecular weight is 256 g/mol. The third kappa shape index (κ3) is 3.10. The number of aromatic carboxylic acids is 1. The molecule has 2 aromatic rings. The monoisotopic (exact) mass is 256 g/mol. The van der Waals surface area contributed by atoms with Crippen LogP contribution >= 0.6 is 0 Å². The number of hydrogen-bond donors (Lipinski definition) is 2. The van der Waals surface area contributed by atoms with Gasteiger partial charge in [-0.15, -0.1) is 0 Å². The first-order valence-corrected chi connectivity index (χ1v) is 6.06. The van der Waals surface area contributed by atoms with Gasteiger partial charge in [-0.2, -0.15) is 0 Å². The standard InChI is InChI=1S/C15H16N2O2/c1-10-4-3-5-13(15(18)19)14(10)17-9-12-7-6-11(2)16-8-12/h3-8,17H,9H2,1-2H3,(H,18,19). The average Bonchev–Trinajstić information content (AvgIpc) is 2.39. The molecule has 0 amide bonds. The Labute approximate surface area is 112 Å². The molecule has 0 fully saturated rings. The van der Waals surface area contributed by atoms with E-state index in [0.29, 0.717) is 17.8 Å². The van der Waals surface area contributed by atoms with Crippen molar-refractivity contribution in [2.24, 2.45) is 0 Å². The van der Waals surface area contributed by atoms with E-state index in [2.05, 4.69) is 10.3 Å². The predicted octanol–water partition coefficient (Wildman–Crippen LogP) is 3.01. The molecule has 4 heteroatoms.